The fraction of sp³-hybridized carbons (Fsp3) is 0.0435. The Balaban J connectivity index is 1.90. The molecule has 7 nitrogen and oxygen atoms in total. The van der Waals surface area contributed by atoms with E-state index in [0.29, 0.717) is 21.7 Å². The summed E-state index contributed by atoms with van der Waals surface area (Å²) in [5, 5.41) is 21.1. The monoisotopic (exact) mass is 468 g/mol. The normalized spacial score (nSPS) is 10.9. The molecule has 0 saturated carbocycles. The second kappa shape index (κ2) is 9.96. The van der Waals surface area contributed by atoms with Crippen molar-refractivity contribution in [3.63, 3.8) is 0 Å². The van der Waals surface area contributed by atoms with E-state index in [4.69, 9.17) is 32.7 Å². The van der Waals surface area contributed by atoms with Gasteiger partial charge in [0.1, 0.15) is 0 Å². The molecule has 0 radical (unpaired) electrons. The zero-order valence-corrected chi connectivity index (χ0v) is 18.1. The maximum atomic E-state index is 12.5. The van der Waals surface area contributed by atoms with Gasteiger partial charge in [-0.25, -0.2) is 4.79 Å². The number of nitrogens with zero attached hydrogens (tertiary/aromatic N) is 2. The molecule has 3 rings (SSSR count). The topological polar surface area (TPSA) is 102 Å². The minimum absolute atomic E-state index is 0.0146. The number of methoxy groups -OCH3 is 1. The number of non-ortho nitro benzene ring substituents is 1. The average molecular weight is 469 g/mol. The summed E-state index contributed by atoms with van der Waals surface area (Å²) in [6, 6.07) is 17.2. The zero-order valence-electron chi connectivity index (χ0n) is 16.5. The molecular formula is C23H14Cl2N2O5. The molecule has 0 aliphatic heterocycles. The molecule has 160 valence electrons. The van der Waals surface area contributed by atoms with E-state index in [-0.39, 0.29) is 27.8 Å². The molecule has 0 aromatic heterocycles. The highest BCUT2D eigenvalue weighted by atomic mass is 35.5. The van der Waals surface area contributed by atoms with Crippen LogP contribution in [0, 0.1) is 21.4 Å². The van der Waals surface area contributed by atoms with Crippen molar-refractivity contribution in [3.8, 4) is 17.6 Å². The number of nitro benzene ring substituents is 1. The van der Waals surface area contributed by atoms with Crippen LogP contribution in [0.4, 0.5) is 5.69 Å². The van der Waals surface area contributed by atoms with Crippen molar-refractivity contribution in [2.24, 2.45) is 0 Å². The molecule has 0 unspecified atom stereocenters. The van der Waals surface area contributed by atoms with E-state index in [0.717, 1.165) is 6.07 Å². The summed E-state index contributed by atoms with van der Waals surface area (Å²) < 4.78 is 10.7. The molecule has 0 atom stereocenters. The van der Waals surface area contributed by atoms with Gasteiger partial charge in [-0.15, -0.1) is 0 Å². The van der Waals surface area contributed by atoms with Gasteiger partial charge in [-0.3, -0.25) is 10.1 Å². The molecule has 3 aromatic carbocycles. The molecule has 9 heteroatoms. The molecule has 0 fully saturated rings. The minimum Gasteiger partial charge on any atom is -0.493 e. The second-order valence-corrected chi connectivity index (χ2v) is 7.24. The number of ether oxygens (including phenoxy) is 2. The number of hydrogen-bond donors (Lipinski definition) is 0. The standard InChI is InChI=1S/C23H14Cl2N2O5/c1-31-22-11-14(10-16(13-26)15-3-5-17(24)6-4-15)2-9-21(22)32-23(28)19-12-18(27(29)30)7-8-20(19)25/h2-12H,1H3. The highest BCUT2D eigenvalue weighted by Crippen LogP contribution is 2.32. The van der Waals surface area contributed by atoms with Crippen molar-refractivity contribution in [2.45, 2.75) is 0 Å². The first-order valence-electron chi connectivity index (χ1n) is 9.04. The van der Waals surface area contributed by atoms with Crippen LogP contribution in [0.25, 0.3) is 11.6 Å². The molecule has 0 aliphatic rings. The van der Waals surface area contributed by atoms with Crippen molar-refractivity contribution in [3.05, 3.63) is 97.5 Å². The maximum absolute atomic E-state index is 12.5. The van der Waals surface area contributed by atoms with Gasteiger partial charge in [-0.2, -0.15) is 5.26 Å². The van der Waals surface area contributed by atoms with E-state index >= 15 is 0 Å². The third kappa shape index (κ3) is 5.24. The van der Waals surface area contributed by atoms with Crippen LogP contribution in [0.1, 0.15) is 21.5 Å². The maximum Gasteiger partial charge on any atom is 0.345 e. The molecule has 32 heavy (non-hydrogen) atoms. The van der Waals surface area contributed by atoms with E-state index in [1.54, 1.807) is 42.5 Å². The number of esters is 1. The minimum atomic E-state index is -0.876. The molecular weight excluding hydrogens is 455 g/mol. The van der Waals surface area contributed by atoms with Crippen LogP contribution in [0.5, 0.6) is 11.5 Å². The first kappa shape index (κ1) is 22.8. The predicted octanol–water partition coefficient (Wildman–Crippen LogP) is 6.19. The SMILES string of the molecule is COc1cc(C=C(C#N)c2ccc(Cl)cc2)ccc1OC(=O)c1cc([N+](=O)[O-])ccc1Cl. The lowest BCUT2D eigenvalue weighted by atomic mass is 10.0. The molecule has 0 bridgehead atoms. The molecule has 0 heterocycles. The third-order valence-electron chi connectivity index (χ3n) is 4.36. The first-order valence-corrected chi connectivity index (χ1v) is 9.80. The molecule has 0 spiro atoms. The van der Waals surface area contributed by atoms with Gasteiger partial charge in [0.05, 0.1) is 34.3 Å². The van der Waals surface area contributed by atoms with Crippen LogP contribution >= 0.6 is 23.2 Å². The number of hydrogen-bond acceptors (Lipinski definition) is 6. The van der Waals surface area contributed by atoms with Crippen LogP contribution in [-0.4, -0.2) is 18.0 Å². The summed E-state index contributed by atoms with van der Waals surface area (Å²) in [6.07, 6.45) is 1.65. The third-order valence-corrected chi connectivity index (χ3v) is 4.94. The number of nitro groups is 1. The highest BCUT2D eigenvalue weighted by molar-refractivity contribution is 6.33. The van der Waals surface area contributed by atoms with E-state index in [2.05, 4.69) is 6.07 Å². The number of halogens is 2. The van der Waals surface area contributed by atoms with Gasteiger partial charge >= 0.3 is 5.97 Å². The van der Waals surface area contributed by atoms with Gasteiger partial charge in [-0.05, 0) is 47.5 Å². The summed E-state index contributed by atoms with van der Waals surface area (Å²) in [6.45, 7) is 0. The average Bonchev–Trinajstić information content (AvgIpc) is 2.79. The summed E-state index contributed by atoms with van der Waals surface area (Å²) in [5.41, 5.74) is 1.27. The molecule has 0 aliphatic carbocycles. The van der Waals surface area contributed by atoms with Crippen molar-refractivity contribution in [2.75, 3.05) is 7.11 Å². The summed E-state index contributed by atoms with van der Waals surface area (Å²) in [7, 11) is 1.39. The van der Waals surface area contributed by atoms with E-state index in [1.165, 1.54) is 25.3 Å². The Kier molecular flexibility index (Phi) is 7.11. The van der Waals surface area contributed by atoms with Gasteiger partial charge in [0.25, 0.3) is 5.69 Å². The Bertz CT molecular complexity index is 1260. The van der Waals surface area contributed by atoms with Gasteiger partial charge in [-0.1, -0.05) is 41.4 Å². The highest BCUT2D eigenvalue weighted by Gasteiger charge is 2.19. The van der Waals surface area contributed by atoms with E-state index < -0.39 is 10.9 Å². The van der Waals surface area contributed by atoms with Gasteiger partial charge in [0.2, 0.25) is 0 Å². The Hall–Kier alpha value is -3.86. The Morgan fingerprint density at radius 2 is 1.78 bits per heavy atom. The summed E-state index contributed by atoms with van der Waals surface area (Å²) >= 11 is 11.9. The fourth-order valence-corrected chi connectivity index (χ4v) is 3.09. The van der Waals surface area contributed by atoms with Crippen molar-refractivity contribution >= 4 is 46.5 Å². The molecule has 0 saturated heterocycles. The van der Waals surface area contributed by atoms with Gasteiger partial charge in [0.15, 0.2) is 11.5 Å². The van der Waals surface area contributed by atoms with Crippen LogP contribution in [0.3, 0.4) is 0 Å². The smallest absolute Gasteiger partial charge is 0.345 e. The van der Waals surface area contributed by atoms with Crippen LogP contribution < -0.4 is 9.47 Å². The summed E-state index contributed by atoms with van der Waals surface area (Å²) in [5.74, 6) is -0.566. The van der Waals surface area contributed by atoms with Crippen molar-refractivity contribution in [1.82, 2.24) is 0 Å². The fourth-order valence-electron chi connectivity index (χ4n) is 2.77. The van der Waals surface area contributed by atoms with Crippen molar-refractivity contribution in [1.29, 1.82) is 5.26 Å². The van der Waals surface area contributed by atoms with Crippen LogP contribution in [-0.2, 0) is 0 Å². The Morgan fingerprint density at radius 1 is 1.06 bits per heavy atom. The van der Waals surface area contributed by atoms with Gasteiger partial charge in [0, 0.05) is 17.2 Å². The zero-order chi connectivity index (χ0) is 23.3. The molecule has 0 N–H and O–H groups in total. The summed E-state index contributed by atoms with van der Waals surface area (Å²) in [4.78, 5) is 22.9. The molecule has 3 aromatic rings. The second-order valence-electron chi connectivity index (χ2n) is 6.40. The first-order chi connectivity index (χ1) is 15.3. The number of carbonyl (C=O) groups is 1. The lowest BCUT2D eigenvalue weighted by Gasteiger charge is -2.11. The number of rotatable bonds is 6. The van der Waals surface area contributed by atoms with E-state index in [1.807, 2.05) is 0 Å². The van der Waals surface area contributed by atoms with Crippen molar-refractivity contribution < 1.29 is 19.2 Å². The lowest BCUT2D eigenvalue weighted by molar-refractivity contribution is -0.384. The Morgan fingerprint density at radius 3 is 2.41 bits per heavy atom. The number of nitriles is 1. The van der Waals surface area contributed by atoms with Crippen LogP contribution in [0.15, 0.2) is 60.7 Å². The quantitative estimate of drug-likeness (QED) is 0.106. The number of allylic oxidation sites excluding steroid dienone is 1. The molecule has 0 amide bonds. The predicted molar refractivity (Wildman–Crippen MR) is 121 cm³/mol. The number of benzene rings is 3. The Labute approximate surface area is 193 Å². The number of carbonyl (C=O) groups excluding carboxylic acids is 1. The van der Waals surface area contributed by atoms with Gasteiger partial charge < -0.3 is 9.47 Å². The van der Waals surface area contributed by atoms with Crippen LogP contribution in [0.2, 0.25) is 10.0 Å². The lowest BCUT2D eigenvalue weighted by Crippen LogP contribution is -2.10. The van der Waals surface area contributed by atoms with E-state index in [9.17, 15) is 20.2 Å². The largest absolute Gasteiger partial charge is 0.493 e.